The lowest BCUT2D eigenvalue weighted by Gasteiger charge is -2.45. The van der Waals surface area contributed by atoms with Crippen LogP contribution >= 0.6 is 0 Å². The average molecular weight is 595 g/mol. The number of phenolic OH excluding ortho intramolecular Hbond substituents is 2. The molecule has 1 saturated carbocycles. The molecule has 0 amide bonds. The Morgan fingerprint density at radius 1 is 0.818 bits per heavy atom. The Morgan fingerprint density at radius 3 is 2.16 bits per heavy atom. The predicted octanol–water partition coefficient (Wildman–Crippen LogP) is 4.20. The molecule has 2 fully saturated rings. The summed E-state index contributed by atoms with van der Waals surface area (Å²) in [5, 5.41) is 48.3. The van der Waals surface area contributed by atoms with Gasteiger partial charge in [-0.25, -0.2) is 0 Å². The van der Waals surface area contributed by atoms with E-state index in [4.69, 9.17) is 14.2 Å². The molecule has 9 nitrogen and oxygen atoms in total. The number of aromatic hydroxyl groups is 2. The van der Waals surface area contributed by atoms with Crippen LogP contribution in [-0.4, -0.2) is 48.7 Å². The highest BCUT2D eigenvalue weighted by atomic mass is 16.5. The second-order valence-corrected chi connectivity index (χ2v) is 12.3. The largest absolute Gasteiger partial charge is 0.512 e. The molecule has 44 heavy (non-hydrogen) atoms. The van der Waals surface area contributed by atoms with Gasteiger partial charge in [-0.1, -0.05) is 12.8 Å². The van der Waals surface area contributed by atoms with E-state index in [9.17, 15) is 20.1 Å². The fourth-order valence-corrected chi connectivity index (χ4v) is 8.48. The van der Waals surface area contributed by atoms with Gasteiger partial charge in [0.25, 0.3) is 0 Å². The van der Waals surface area contributed by atoms with Gasteiger partial charge in [0, 0.05) is 83.6 Å². The van der Waals surface area contributed by atoms with Crippen LogP contribution in [0.2, 0.25) is 0 Å². The molecule has 0 bridgehead atoms. The van der Waals surface area contributed by atoms with Crippen molar-refractivity contribution < 1.29 is 29.5 Å². The normalized spacial score (nSPS) is 21.5. The lowest BCUT2D eigenvalue weighted by molar-refractivity contribution is 0.262. The van der Waals surface area contributed by atoms with Crippen molar-refractivity contribution in [2.24, 2.45) is 0 Å². The van der Waals surface area contributed by atoms with Crippen LogP contribution in [0.15, 0.2) is 23.0 Å². The van der Waals surface area contributed by atoms with Gasteiger partial charge < -0.3 is 40.2 Å². The lowest BCUT2D eigenvalue weighted by atomic mass is 9.78. The van der Waals surface area contributed by atoms with E-state index in [0.29, 0.717) is 49.2 Å². The maximum absolute atomic E-state index is 13.8. The van der Waals surface area contributed by atoms with E-state index in [1.54, 1.807) is 20.1 Å². The number of benzene rings is 4. The summed E-state index contributed by atoms with van der Waals surface area (Å²) in [6, 6.07) is 5.15. The summed E-state index contributed by atoms with van der Waals surface area (Å²) in [6.07, 6.45) is 4.32. The molecule has 9 heteroatoms. The quantitative estimate of drug-likeness (QED) is 0.154. The van der Waals surface area contributed by atoms with Crippen LogP contribution in [0.3, 0.4) is 0 Å². The van der Waals surface area contributed by atoms with Crippen molar-refractivity contribution >= 4 is 54.5 Å². The highest BCUT2D eigenvalue weighted by Crippen LogP contribution is 2.54. The molecule has 1 saturated heterocycles. The summed E-state index contributed by atoms with van der Waals surface area (Å²) in [4.78, 5) is 13.8. The van der Waals surface area contributed by atoms with Crippen LogP contribution in [0.4, 0.5) is 0 Å². The Kier molecular flexibility index (Phi) is 5.63. The van der Waals surface area contributed by atoms with Gasteiger partial charge in [0.05, 0.1) is 38.5 Å². The third kappa shape index (κ3) is 3.20. The van der Waals surface area contributed by atoms with Gasteiger partial charge in [-0.3, -0.25) is 4.79 Å². The molecule has 1 heterocycles. The highest BCUT2D eigenvalue weighted by molar-refractivity contribution is 6.38. The van der Waals surface area contributed by atoms with E-state index >= 15 is 0 Å². The molecule has 5 aromatic carbocycles. The number of aryl methyl sites for hydroxylation is 1. The highest BCUT2D eigenvalue weighted by Gasteiger charge is 2.41. The molecule has 0 radical (unpaired) electrons. The summed E-state index contributed by atoms with van der Waals surface area (Å²) in [5.41, 5.74) is 1.97. The van der Waals surface area contributed by atoms with Crippen molar-refractivity contribution in [1.29, 1.82) is 0 Å². The van der Waals surface area contributed by atoms with Crippen LogP contribution in [-0.2, 0) is 0 Å². The van der Waals surface area contributed by atoms with Gasteiger partial charge in [-0.15, -0.1) is 0 Å². The van der Waals surface area contributed by atoms with Crippen LogP contribution < -0.4 is 40.7 Å². The zero-order chi connectivity index (χ0) is 30.8. The van der Waals surface area contributed by atoms with E-state index in [2.05, 4.69) is 16.7 Å². The molecule has 5 N–H and O–H groups in total. The Hall–Kier alpha value is -4.63. The molecular formula is C35H34N2O7. The molecule has 0 aromatic heterocycles. The second kappa shape index (κ2) is 9.19. The molecule has 2 aliphatic carbocycles. The maximum Gasteiger partial charge on any atom is 0.194 e. The van der Waals surface area contributed by atoms with Gasteiger partial charge in [0.2, 0.25) is 0 Å². The Bertz CT molecular complexity index is 2290. The fraction of sp³-hybridized carbons (Fsp3) is 0.343. The number of aliphatic hydroxyl groups is 1. The van der Waals surface area contributed by atoms with Gasteiger partial charge in [-0.05, 0) is 38.3 Å². The molecule has 1 unspecified atom stereocenters. The molecule has 1 aliphatic heterocycles. The molecule has 3 aliphatic rings. The smallest absolute Gasteiger partial charge is 0.194 e. The minimum atomic E-state index is -0.424. The Morgan fingerprint density at radius 2 is 1.48 bits per heavy atom. The Labute approximate surface area is 252 Å². The summed E-state index contributed by atoms with van der Waals surface area (Å²) >= 11 is 0. The first-order chi connectivity index (χ1) is 21.2. The number of piperazine rings is 1. The SMILES string of the molecule is COc1c(O)c2c(=O)cc(OC)c3c4c(OC)cc(O)c5c4c4c(cc(C)c(=C(C)O)c1c4c23)=C1N[C@H]2CCCC[C@H]2NC15. The molecule has 3 atom stereocenters. The van der Waals surface area contributed by atoms with Crippen molar-refractivity contribution in [2.75, 3.05) is 21.3 Å². The van der Waals surface area contributed by atoms with Gasteiger partial charge >= 0.3 is 0 Å². The molecule has 0 spiro atoms. The standard InChI is InChI=1S/C35H34N2O7/c1-13-10-15-23-28-24(33-32(15)36-16-8-6-7-9-17(16)37-33)18(39)11-20(42-3)26(28)27-21(43-4)12-19(40)25-30(27)29(23)31(22(13)14(2)38)35(44-5)34(25)41/h10-12,16-17,33,36-39,41H,6-9H2,1-5H3/t16-,17+,33?/m0/s1. The molecule has 226 valence electrons. The van der Waals surface area contributed by atoms with Gasteiger partial charge in [-0.2, -0.15) is 0 Å². The number of phenols is 2. The summed E-state index contributed by atoms with van der Waals surface area (Å²) in [7, 11) is 4.50. The molecular weight excluding hydrogens is 560 g/mol. The van der Waals surface area contributed by atoms with Crippen molar-refractivity contribution in [3.05, 3.63) is 50.0 Å². The number of rotatable bonds is 3. The number of methoxy groups -OCH3 is 3. The lowest BCUT2D eigenvalue weighted by Crippen LogP contribution is -2.58. The van der Waals surface area contributed by atoms with Gasteiger partial charge in [0.15, 0.2) is 16.9 Å². The number of hydrogen-bond donors (Lipinski definition) is 5. The van der Waals surface area contributed by atoms with E-state index < -0.39 is 5.43 Å². The number of ether oxygens (including phenoxy) is 3. The van der Waals surface area contributed by atoms with Crippen molar-refractivity contribution in [3.63, 3.8) is 0 Å². The Balaban J connectivity index is 1.83. The number of fused-ring (bicyclic) bond motifs is 4. The predicted molar refractivity (Wildman–Crippen MR) is 171 cm³/mol. The topological polar surface area (TPSA) is 130 Å². The summed E-state index contributed by atoms with van der Waals surface area (Å²) in [5.74, 6) is 0.646. The first-order valence-corrected chi connectivity index (χ1v) is 15.0. The zero-order valence-corrected chi connectivity index (χ0v) is 25.3. The zero-order valence-electron chi connectivity index (χ0n) is 25.3. The maximum atomic E-state index is 13.8. The first kappa shape index (κ1) is 27.0. The molecule has 8 rings (SSSR count). The van der Waals surface area contributed by atoms with Crippen LogP contribution in [0.5, 0.6) is 28.7 Å². The van der Waals surface area contributed by atoms with E-state index in [1.807, 2.05) is 6.92 Å². The van der Waals surface area contributed by atoms with E-state index in [0.717, 1.165) is 52.9 Å². The summed E-state index contributed by atoms with van der Waals surface area (Å²) < 4.78 is 17.6. The minimum Gasteiger partial charge on any atom is -0.512 e. The second-order valence-electron chi connectivity index (χ2n) is 12.3. The van der Waals surface area contributed by atoms with Crippen molar-refractivity contribution in [2.45, 2.75) is 57.7 Å². The summed E-state index contributed by atoms with van der Waals surface area (Å²) in [6.45, 7) is 3.53. The fourth-order valence-electron chi connectivity index (χ4n) is 8.48. The number of hydrogen-bond acceptors (Lipinski definition) is 9. The average Bonchev–Trinajstić information content (AvgIpc) is 3.14. The van der Waals surface area contributed by atoms with Crippen LogP contribution in [0.1, 0.15) is 49.8 Å². The third-order valence-electron chi connectivity index (χ3n) is 10.1. The van der Waals surface area contributed by atoms with Crippen LogP contribution in [0.25, 0.3) is 54.5 Å². The third-order valence-corrected chi connectivity index (χ3v) is 10.1. The van der Waals surface area contributed by atoms with E-state index in [1.165, 1.54) is 20.3 Å². The number of nitrogens with one attached hydrogen (secondary N) is 2. The van der Waals surface area contributed by atoms with Crippen molar-refractivity contribution in [1.82, 2.24) is 10.6 Å². The van der Waals surface area contributed by atoms with Crippen molar-refractivity contribution in [3.8, 4) is 28.7 Å². The van der Waals surface area contributed by atoms with Gasteiger partial charge in [0.1, 0.15) is 17.2 Å². The first-order valence-electron chi connectivity index (χ1n) is 15.0. The van der Waals surface area contributed by atoms with E-state index in [-0.39, 0.29) is 46.5 Å². The monoisotopic (exact) mass is 594 g/mol. The minimum absolute atomic E-state index is 0.0434. The molecule has 5 aromatic rings. The van der Waals surface area contributed by atoms with Crippen LogP contribution in [0, 0.1) is 6.92 Å². The number of aliphatic hydroxyl groups excluding tert-OH is 1.